The number of benzene rings is 2. The molecule has 35 heavy (non-hydrogen) atoms. The molecule has 2 aliphatic rings. The lowest BCUT2D eigenvalue weighted by molar-refractivity contribution is 0.00182. The van der Waals surface area contributed by atoms with Gasteiger partial charge in [0.2, 0.25) is 5.76 Å². The van der Waals surface area contributed by atoms with Crippen LogP contribution in [0.1, 0.15) is 45.1 Å². The number of aryl methyl sites for hydroxylation is 1. The second-order valence-electron chi connectivity index (χ2n) is 9.12. The van der Waals surface area contributed by atoms with Gasteiger partial charge < -0.3 is 18.5 Å². The van der Waals surface area contributed by atoms with Gasteiger partial charge in [0, 0.05) is 19.6 Å². The third-order valence-electron chi connectivity index (χ3n) is 6.99. The number of para-hydroxylation sites is 1. The zero-order valence-electron chi connectivity index (χ0n) is 19.5. The summed E-state index contributed by atoms with van der Waals surface area (Å²) in [6, 6.07) is 18.2. The van der Waals surface area contributed by atoms with Gasteiger partial charge in [-0.3, -0.25) is 14.5 Å². The molecule has 0 aliphatic carbocycles. The van der Waals surface area contributed by atoms with Crippen LogP contribution in [0.4, 0.5) is 0 Å². The number of carbonyl (C=O) groups excluding carboxylic acids is 1. The predicted octanol–water partition coefficient (Wildman–Crippen LogP) is 4.31. The Morgan fingerprint density at radius 2 is 1.74 bits per heavy atom. The first-order valence-corrected chi connectivity index (χ1v) is 11.9. The Kier molecular flexibility index (Phi) is 5.51. The van der Waals surface area contributed by atoms with Crippen LogP contribution < -0.4 is 5.43 Å². The number of hydrogen-bond donors (Lipinski definition) is 0. The first-order chi connectivity index (χ1) is 17.1. The molecule has 1 amide bonds. The highest BCUT2D eigenvalue weighted by atomic mass is 16.5. The van der Waals surface area contributed by atoms with Gasteiger partial charge >= 0.3 is 0 Å². The van der Waals surface area contributed by atoms with Gasteiger partial charge in [0.1, 0.15) is 11.3 Å². The fraction of sp³-hybridized carbons (Fsp3) is 0.286. The van der Waals surface area contributed by atoms with E-state index in [4.69, 9.17) is 13.6 Å². The summed E-state index contributed by atoms with van der Waals surface area (Å²) in [5.41, 5.74) is 2.65. The Balaban J connectivity index is 1.49. The van der Waals surface area contributed by atoms with Crippen molar-refractivity contribution >= 4 is 16.9 Å². The SMILES string of the molecule is Cc1ccc([C@@H]2c3c(oc4ccccc4c3=O)C(=O)N2C[C@@H](c2ccco2)N2CCOCC2)cc1. The van der Waals surface area contributed by atoms with Crippen LogP contribution in [-0.2, 0) is 4.74 Å². The quantitative estimate of drug-likeness (QED) is 0.433. The molecular formula is C28H26N2O5. The number of morpholine rings is 1. The third-order valence-corrected chi connectivity index (χ3v) is 6.99. The zero-order valence-corrected chi connectivity index (χ0v) is 19.5. The number of nitrogens with zero attached hydrogens (tertiary/aromatic N) is 2. The van der Waals surface area contributed by atoms with Gasteiger partial charge in [0.05, 0.1) is 42.5 Å². The molecule has 178 valence electrons. The van der Waals surface area contributed by atoms with Crippen molar-refractivity contribution in [2.24, 2.45) is 0 Å². The number of ether oxygens (including phenoxy) is 1. The minimum atomic E-state index is -0.544. The molecule has 2 aromatic carbocycles. The van der Waals surface area contributed by atoms with Crippen molar-refractivity contribution in [3.63, 3.8) is 0 Å². The van der Waals surface area contributed by atoms with E-state index in [1.54, 1.807) is 29.4 Å². The standard InChI is InChI=1S/C28H26N2O5/c1-18-8-10-19(11-9-18)25-24-26(31)20-5-2-3-6-22(20)35-27(24)28(32)30(25)17-21(23-7-4-14-34-23)29-12-15-33-16-13-29/h2-11,14,21,25H,12-13,15-17H2,1H3/t21-,25+/m0/s1. The second-order valence-corrected chi connectivity index (χ2v) is 9.12. The van der Waals surface area contributed by atoms with E-state index in [2.05, 4.69) is 4.90 Å². The molecule has 0 N–H and O–H groups in total. The van der Waals surface area contributed by atoms with Crippen LogP contribution in [0.5, 0.6) is 0 Å². The van der Waals surface area contributed by atoms with E-state index >= 15 is 0 Å². The summed E-state index contributed by atoms with van der Waals surface area (Å²) >= 11 is 0. The van der Waals surface area contributed by atoms with E-state index in [9.17, 15) is 9.59 Å². The number of furan rings is 1. The molecule has 4 heterocycles. The normalized spacial score (nSPS) is 19.3. The maximum Gasteiger partial charge on any atom is 0.290 e. The molecule has 6 rings (SSSR count). The fourth-order valence-electron chi connectivity index (χ4n) is 5.19. The zero-order chi connectivity index (χ0) is 23.9. The van der Waals surface area contributed by atoms with Crippen molar-refractivity contribution in [3.8, 4) is 0 Å². The summed E-state index contributed by atoms with van der Waals surface area (Å²) in [4.78, 5) is 31.6. The van der Waals surface area contributed by atoms with Gasteiger partial charge in [-0.15, -0.1) is 0 Å². The largest absolute Gasteiger partial charge is 0.468 e. The molecule has 2 atom stereocenters. The highest BCUT2D eigenvalue weighted by molar-refractivity contribution is 5.99. The summed E-state index contributed by atoms with van der Waals surface area (Å²) in [6.07, 6.45) is 1.65. The summed E-state index contributed by atoms with van der Waals surface area (Å²) in [5.74, 6) is 0.625. The lowest BCUT2D eigenvalue weighted by atomic mass is 9.97. The molecule has 7 nitrogen and oxygen atoms in total. The van der Waals surface area contributed by atoms with E-state index in [1.165, 1.54) is 0 Å². The highest BCUT2D eigenvalue weighted by Gasteiger charge is 2.44. The number of hydrogen-bond acceptors (Lipinski definition) is 6. The van der Waals surface area contributed by atoms with Crippen LogP contribution in [0.3, 0.4) is 0 Å². The minimum Gasteiger partial charge on any atom is -0.468 e. The fourth-order valence-corrected chi connectivity index (χ4v) is 5.19. The molecule has 0 unspecified atom stereocenters. The average molecular weight is 471 g/mol. The Bertz CT molecular complexity index is 1420. The maximum absolute atomic E-state index is 13.9. The molecule has 0 bridgehead atoms. The van der Waals surface area contributed by atoms with E-state index < -0.39 is 6.04 Å². The number of rotatable bonds is 5. The summed E-state index contributed by atoms with van der Waals surface area (Å²) in [7, 11) is 0. The van der Waals surface area contributed by atoms with E-state index in [0.29, 0.717) is 36.3 Å². The smallest absolute Gasteiger partial charge is 0.290 e. The Hall–Kier alpha value is -3.68. The molecule has 0 saturated carbocycles. The summed E-state index contributed by atoms with van der Waals surface area (Å²) < 4.78 is 17.4. The maximum atomic E-state index is 13.9. The first kappa shape index (κ1) is 21.8. The number of fused-ring (bicyclic) bond motifs is 2. The van der Waals surface area contributed by atoms with Crippen molar-refractivity contribution in [3.05, 3.63) is 105 Å². The van der Waals surface area contributed by atoms with Crippen LogP contribution in [0.25, 0.3) is 11.0 Å². The highest BCUT2D eigenvalue weighted by Crippen LogP contribution is 2.40. The van der Waals surface area contributed by atoms with Gasteiger partial charge in [0.15, 0.2) is 5.43 Å². The van der Waals surface area contributed by atoms with E-state index in [0.717, 1.165) is 30.0 Å². The molecular weight excluding hydrogens is 444 g/mol. The Morgan fingerprint density at radius 1 is 0.971 bits per heavy atom. The van der Waals surface area contributed by atoms with Crippen LogP contribution in [0.2, 0.25) is 0 Å². The van der Waals surface area contributed by atoms with Crippen molar-refractivity contribution in [1.82, 2.24) is 9.80 Å². The second kappa shape index (κ2) is 8.83. The van der Waals surface area contributed by atoms with Crippen LogP contribution in [0, 0.1) is 6.92 Å². The van der Waals surface area contributed by atoms with Gasteiger partial charge in [-0.2, -0.15) is 0 Å². The van der Waals surface area contributed by atoms with Gasteiger partial charge in [-0.25, -0.2) is 0 Å². The first-order valence-electron chi connectivity index (χ1n) is 11.9. The van der Waals surface area contributed by atoms with Gasteiger partial charge in [-0.1, -0.05) is 42.0 Å². The molecule has 0 spiro atoms. The lowest BCUT2D eigenvalue weighted by Crippen LogP contribution is -2.44. The number of carbonyl (C=O) groups is 1. The summed E-state index contributed by atoms with van der Waals surface area (Å²) in [5, 5.41) is 0.480. The monoisotopic (exact) mass is 470 g/mol. The molecule has 0 radical (unpaired) electrons. The average Bonchev–Trinajstić information content (AvgIpc) is 3.51. The summed E-state index contributed by atoms with van der Waals surface area (Å²) in [6.45, 7) is 5.08. The third kappa shape index (κ3) is 3.77. The predicted molar refractivity (Wildman–Crippen MR) is 130 cm³/mol. The lowest BCUT2D eigenvalue weighted by Gasteiger charge is -2.37. The Morgan fingerprint density at radius 3 is 2.49 bits per heavy atom. The Labute approximate surface area is 202 Å². The number of amides is 1. The van der Waals surface area contributed by atoms with Crippen molar-refractivity contribution in [2.75, 3.05) is 32.8 Å². The van der Waals surface area contributed by atoms with Crippen molar-refractivity contribution in [1.29, 1.82) is 0 Å². The molecule has 4 aromatic rings. The topological polar surface area (TPSA) is 76.1 Å². The minimum absolute atomic E-state index is 0.124. The van der Waals surface area contributed by atoms with E-state index in [-0.39, 0.29) is 23.1 Å². The molecule has 1 saturated heterocycles. The molecule has 7 heteroatoms. The molecule has 2 aliphatic heterocycles. The van der Waals surface area contributed by atoms with Crippen molar-refractivity contribution < 1.29 is 18.4 Å². The van der Waals surface area contributed by atoms with E-state index in [1.807, 2.05) is 49.4 Å². The van der Waals surface area contributed by atoms with Crippen LogP contribution in [0.15, 0.2) is 80.6 Å². The van der Waals surface area contributed by atoms with Crippen LogP contribution in [-0.4, -0.2) is 48.6 Å². The van der Waals surface area contributed by atoms with Crippen molar-refractivity contribution in [2.45, 2.75) is 19.0 Å². The van der Waals surface area contributed by atoms with Crippen LogP contribution >= 0.6 is 0 Å². The van der Waals surface area contributed by atoms with Gasteiger partial charge in [-0.05, 0) is 36.8 Å². The molecule has 1 fully saturated rings. The van der Waals surface area contributed by atoms with Gasteiger partial charge in [0.25, 0.3) is 5.91 Å². The molecule has 2 aromatic heterocycles.